The summed E-state index contributed by atoms with van der Waals surface area (Å²) < 4.78 is 5.60. The van der Waals surface area contributed by atoms with Gasteiger partial charge in [0.25, 0.3) is 0 Å². The van der Waals surface area contributed by atoms with Gasteiger partial charge in [-0.15, -0.1) is 0 Å². The lowest BCUT2D eigenvalue weighted by molar-refractivity contribution is -0.141. The SMILES string of the molecule is O=C(O)C1CCCCc2noc(=O)n21. The van der Waals surface area contributed by atoms with Crippen molar-refractivity contribution >= 4 is 5.97 Å². The molecular weight excluding hydrogens is 188 g/mol. The Bertz CT molecular complexity index is 406. The monoisotopic (exact) mass is 198 g/mol. The largest absolute Gasteiger partial charge is 0.480 e. The molecule has 0 radical (unpaired) electrons. The number of carboxylic acid groups (broad SMARTS) is 1. The predicted molar refractivity (Wildman–Crippen MR) is 45.0 cm³/mol. The van der Waals surface area contributed by atoms with Crippen LogP contribution in [0.1, 0.15) is 31.1 Å². The van der Waals surface area contributed by atoms with Crippen molar-refractivity contribution in [1.82, 2.24) is 9.72 Å². The lowest BCUT2D eigenvalue weighted by atomic mass is 10.1. The number of hydrogen-bond donors (Lipinski definition) is 1. The van der Waals surface area contributed by atoms with Crippen molar-refractivity contribution in [2.24, 2.45) is 0 Å². The van der Waals surface area contributed by atoms with Crippen LogP contribution < -0.4 is 5.76 Å². The second-order valence-corrected chi connectivity index (χ2v) is 3.33. The summed E-state index contributed by atoms with van der Waals surface area (Å²) in [4.78, 5) is 22.1. The molecule has 76 valence electrons. The Balaban J connectivity index is 2.50. The molecule has 1 unspecified atom stereocenters. The van der Waals surface area contributed by atoms with Crippen molar-refractivity contribution in [3.8, 4) is 0 Å². The highest BCUT2D eigenvalue weighted by Gasteiger charge is 2.28. The molecule has 2 rings (SSSR count). The van der Waals surface area contributed by atoms with Crippen LogP contribution in [0.15, 0.2) is 9.32 Å². The average Bonchev–Trinajstić information content (AvgIpc) is 2.38. The summed E-state index contributed by atoms with van der Waals surface area (Å²) in [6, 6.07) is -0.814. The molecule has 1 aliphatic heterocycles. The van der Waals surface area contributed by atoms with Gasteiger partial charge in [0.15, 0.2) is 5.82 Å². The van der Waals surface area contributed by atoms with Crippen molar-refractivity contribution in [3.63, 3.8) is 0 Å². The maximum atomic E-state index is 11.2. The summed E-state index contributed by atoms with van der Waals surface area (Å²) in [6.07, 6.45) is 2.70. The van der Waals surface area contributed by atoms with Crippen LogP contribution in [0, 0.1) is 0 Å². The Morgan fingerprint density at radius 1 is 1.57 bits per heavy atom. The van der Waals surface area contributed by atoms with Gasteiger partial charge in [-0.2, -0.15) is 0 Å². The van der Waals surface area contributed by atoms with Crippen LogP contribution in [-0.2, 0) is 11.2 Å². The first-order valence-corrected chi connectivity index (χ1v) is 4.50. The molecular formula is C8H10N2O4. The topological polar surface area (TPSA) is 85.3 Å². The molecule has 1 atom stereocenters. The third-order valence-electron chi connectivity index (χ3n) is 2.43. The van der Waals surface area contributed by atoms with Crippen LogP contribution in [0.5, 0.6) is 0 Å². The van der Waals surface area contributed by atoms with E-state index in [1.807, 2.05) is 0 Å². The van der Waals surface area contributed by atoms with Gasteiger partial charge in [-0.3, -0.25) is 4.52 Å². The zero-order valence-electron chi connectivity index (χ0n) is 7.47. The maximum Gasteiger partial charge on any atom is 0.442 e. The fourth-order valence-corrected chi connectivity index (χ4v) is 1.74. The van der Waals surface area contributed by atoms with Gasteiger partial charge in [-0.25, -0.2) is 14.2 Å². The molecule has 0 fully saturated rings. The molecule has 1 aromatic heterocycles. The van der Waals surface area contributed by atoms with Gasteiger partial charge in [-0.05, 0) is 12.8 Å². The number of rotatable bonds is 1. The van der Waals surface area contributed by atoms with E-state index in [9.17, 15) is 9.59 Å². The van der Waals surface area contributed by atoms with E-state index >= 15 is 0 Å². The number of aromatic nitrogens is 2. The van der Waals surface area contributed by atoms with E-state index in [0.717, 1.165) is 17.4 Å². The zero-order chi connectivity index (χ0) is 10.1. The van der Waals surface area contributed by atoms with Crippen LogP contribution in [0.4, 0.5) is 0 Å². The normalized spacial score (nSPS) is 21.3. The van der Waals surface area contributed by atoms with E-state index in [1.54, 1.807) is 0 Å². The molecule has 6 heteroatoms. The minimum atomic E-state index is -1.00. The fraction of sp³-hybridized carbons (Fsp3) is 0.625. The van der Waals surface area contributed by atoms with Crippen LogP contribution in [0.25, 0.3) is 0 Å². The lowest BCUT2D eigenvalue weighted by Crippen LogP contribution is -2.27. The van der Waals surface area contributed by atoms with Gasteiger partial charge in [0.2, 0.25) is 0 Å². The Labute approximate surface area is 79.1 Å². The van der Waals surface area contributed by atoms with Crippen molar-refractivity contribution in [1.29, 1.82) is 0 Å². The molecule has 0 amide bonds. The molecule has 0 bridgehead atoms. The second-order valence-electron chi connectivity index (χ2n) is 3.33. The zero-order valence-corrected chi connectivity index (χ0v) is 7.47. The summed E-state index contributed by atoms with van der Waals surface area (Å²) >= 11 is 0. The Morgan fingerprint density at radius 3 is 3.07 bits per heavy atom. The number of carbonyl (C=O) groups is 1. The highest BCUT2D eigenvalue weighted by molar-refractivity contribution is 5.71. The van der Waals surface area contributed by atoms with E-state index < -0.39 is 17.8 Å². The summed E-state index contributed by atoms with van der Waals surface area (Å²) in [6.45, 7) is 0. The van der Waals surface area contributed by atoms with Crippen molar-refractivity contribution in [3.05, 3.63) is 16.4 Å². The average molecular weight is 198 g/mol. The number of hydrogen-bond acceptors (Lipinski definition) is 4. The highest BCUT2D eigenvalue weighted by atomic mass is 16.5. The number of nitrogens with zero attached hydrogens (tertiary/aromatic N) is 2. The first kappa shape index (κ1) is 8.98. The summed E-state index contributed by atoms with van der Waals surface area (Å²) in [7, 11) is 0. The van der Waals surface area contributed by atoms with E-state index in [2.05, 4.69) is 9.68 Å². The molecule has 1 aromatic rings. The van der Waals surface area contributed by atoms with E-state index in [0.29, 0.717) is 18.7 Å². The predicted octanol–water partition coefficient (Wildman–Crippen LogP) is 0.188. The minimum Gasteiger partial charge on any atom is -0.480 e. The van der Waals surface area contributed by atoms with E-state index in [1.165, 1.54) is 0 Å². The first-order valence-electron chi connectivity index (χ1n) is 4.50. The Hall–Kier alpha value is -1.59. The third-order valence-corrected chi connectivity index (χ3v) is 2.43. The summed E-state index contributed by atoms with van der Waals surface area (Å²) in [5, 5.41) is 12.5. The van der Waals surface area contributed by atoms with Gasteiger partial charge in [0.1, 0.15) is 6.04 Å². The summed E-state index contributed by atoms with van der Waals surface area (Å²) in [5.74, 6) is -1.23. The molecule has 1 aliphatic rings. The smallest absolute Gasteiger partial charge is 0.442 e. The van der Waals surface area contributed by atoms with Gasteiger partial charge in [0, 0.05) is 6.42 Å². The van der Waals surface area contributed by atoms with Crippen LogP contribution in [0.3, 0.4) is 0 Å². The van der Waals surface area contributed by atoms with Crippen LogP contribution >= 0.6 is 0 Å². The summed E-state index contributed by atoms with van der Waals surface area (Å²) in [5.41, 5.74) is 0. The first-order chi connectivity index (χ1) is 6.70. The number of aryl methyl sites for hydroxylation is 1. The fourth-order valence-electron chi connectivity index (χ4n) is 1.74. The maximum absolute atomic E-state index is 11.2. The molecule has 0 aliphatic carbocycles. The van der Waals surface area contributed by atoms with Crippen LogP contribution in [0.2, 0.25) is 0 Å². The molecule has 0 saturated heterocycles. The second kappa shape index (κ2) is 3.28. The van der Waals surface area contributed by atoms with Crippen molar-refractivity contribution in [2.45, 2.75) is 31.7 Å². The molecule has 0 spiro atoms. The highest BCUT2D eigenvalue weighted by Crippen LogP contribution is 2.20. The molecule has 0 saturated carbocycles. The molecule has 2 heterocycles. The van der Waals surface area contributed by atoms with Crippen LogP contribution in [-0.4, -0.2) is 20.8 Å². The third kappa shape index (κ3) is 1.32. The van der Waals surface area contributed by atoms with Crippen molar-refractivity contribution < 1.29 is 14.4 Å². The number of aliphatic carboxylic acids is 1. The lowest BCUT2D eigenvalue weighted by Gasteiger charge is -2.09. The Kier molecular flexibility index (Phi) is 2.11. The molecule has 6 nitrogen and oxygen atoms in total. The number of fused-ring (bicyclic) bond motifs is 1. The molecule has 0 aromatic carbocycles. The van der Waals surface area contributed by atoms with E-state index in [-0.39, 0.29) is 0 Å². The molecule has 1 N–H and O–H groups in total. The standard InChI is InChI=1S/C8H10N2O4/c11-7(12)5-3-1-2-4-6-9-14-8(13)10(5)6/h5H,1-4H2,(H,11,12). The van der Waals surface area contributed by atoms with Gasteiger partial charge >= 0.3 is 11.7 Å². The van der Waals surface area contributed by atoms with Gasteiger partial charge in [-0.1, -0.05) is 11.6 Å². The van der Waals surface area contributed by atoms with Crippen molar-refractivity contribution in [2.75, 3.05) is 0 Å². The van der Waals surface area contributed by atoms with Gasteiger partial charge < -0.3 is 5.11 Å². The quantitative estimate of drug-likeness (QED) is 0.696. The van der Waals surface area contributed by atoms with Gasteiger partial charge in [0.05, 0.1) is 0 Å². The molecule has 14 heavy (non-hydrogen) atoms. The van der Waals surface area contributed by atoms with E-state index in [4.69, 9.17) is 5.11 Å². The Morgan fingerprint density at radius 2 is 2.36 bits per heavy atom. The number of carboxylic acids is 1. The minimum absolute atomic E-state index is 0.444.